The number of aromatic nitrogens is 1. The van der Waals surface area contributed by atoms with Crippen molar-refractivity contribution in [1.29, 1.82) is 0 Å². The monoisotopic (exact) mass is 282 g/mol. The molecule has 0 spiro atoms. The normalized spacial score (nSPS) is 27.9. The smallest absolute Gasteiger partial charge is 0.138 e. The van der Waals surface area contributed by atoms with E-state index in [2.05, 4.69) is 17.0 Å². The number of rotatable bonds is 5. The zero-order valence-corrected chi connectivity index (χ0v) is 12.7. The van der Waals surface area contributed by atoms with Crippen LogP contribution in [0.3, 0.4) is 0 Å². The number of aryl methyl sites for hydroxylation is 2. The Balaban J connectivity index is 2.11. The number of aliphatic hydroxyl groups excluding tert-OH is 2. The molecular formula is C15H26N2O3. The summed E-state index contributed by atoms with van der Waals surface area (Å²) in [6.45, 7) is 8.37. The topological polar surface area (TPSA) is 69.7 Å². The van der Waals surface area contributed by atoms with Gasteiger partial charge in [-0.1, -0.05) is 18.5 Å². The Bertz CT molecular complexity index is 427. The minimum atomic E-state index is -0.409. The second kappa shape index (κ2) is 6.24. The molecule has 2 heterocycles. The molecule has 0 radical (unpaired) electrons. The molecule has 2 rings (SSSR count). The molecule has 1 fully saturated rings. The average Bonchev–Trinajstić information content (AvgIpc) is 2.74. The first-order valence-corrected chi connectivity index (χ1v) is 7.45. The SMILES string of the molecule is CCC[C@@]1(CO)CN(Cc2c(C)noc2C)CC[C@H]1O. The van der Waals surface area contributed by atoms with Gasteiger partial charge in [0, 0.05) is 30.6 Å². The van der Waals surface area contributed by atoms with Crippen molar-refractivity contribution in [1.82, 2.24) is 10.1 Å². The molecule has 0 aliphatic carbocycles. The third kappa shape index (κ3) is 2.90. The number of hydrogen-bond donors (Lipinski definition) is 2. The van der Waals surface area contributed by atoms with Gasteiger partial charge in [-0.3, -0.25) is 4.90 Å². The van der Waals surface area contributed by atoms with Crippen molar-refractivity contribution in [2.45, 2.75) is 52.7 Å². The molecule has 2 atom stereocenters. The van der Waals surface area contributed by atoms with Gasteiger partial charge in [0.2, 0.25) is 0 Å². The molecule has 0 saturated carbocycles. The first-order valence-electron chi connectivity index (χ1n) is 7.45. The molecule has 1 aliphatic rings. The average molecular weight is 282 g/mol. The Morgan fingerprint density at radius 3 is 2.75 bits per heavy atom. The number of hydrogen-bond acceptors (Lipinski definition) is 5. The third-order valence-corrected chi connectivity index (χ3v) is 4.59. The van der Waals surface area contributed by atoms with Crippen LogP contribution in [0.25, 0.3) is 0 Å². The molecule has 2 N–H and O–H groups in total. The molecule has 1 saturated heterocycles. The second-order valence-electron chi connectivity index (χ2n) is 6.09. The predicted octanol–water partition coefficient (Wildman–Crippen LogP) is 1.64. The lowest BCUT2D eigenvalue weighted by Crippen LogP contribution is -2.53. The van der Waals surface area contributed by atoms with Crippen LogP contribution in [0.1, 0.15) is 43.2 Å². The maximum atomic E-state index is 10.3. The quantitative estimate of drug-likeness (QED) is 0.859. The number of likely N-dealkylation sites (tertiary alicyclic amines) is 1. The molecular weight excluding hydrogens is 256 g/mol. The molecule has 5 nitrogen and oxygen atoms in total. The summed E-state index contributed by atoms with van der Waals surface area (Å²) in [7, 11) is 0. The molecule has 1 aromatic rings. The standard InChI is InChI=1S/C15H26N2O3/c1-4-6-15(10-18)9-17(7-5-14(15)19)8-13-11(2)16-20-12(13)3/h14,18-19H,4-10H2,1-3H3/t14-,15+/m1/s1. The van der Waals surface area contributed by atoms with Crippen LogP contribution in [0, 0.1) is 19.3 Å². The highest BCUT2D eigenvalue weighted by Crippen LogP contribution is 2.35. The maximum Gasteiger partial charge on any atom is 0.138 e. The Labute approximate surface area is 120 Å². The summed E-state index contributed by atoms with van der Waals surface area (Å²) in [5, 5.41) is 24.1. The van der Waals surface area contributed by atoms with Gasteiger partial charge in [-0.2, -0.15) is 0 Å². The minimum absolute atomic E-state index is 0.0418. The molecule has 1 aromatic heterocycles. The predicted molar refractivity (Wildman–Crippen MR) is 76.3 cm³/mol. The minimum Gasteiger partial charge on any atom is -0.396 e. The fraction of sp³-hybridized carbons (Fsp3) is 0.800. The molecule has 1 aliphatic heterocycles. The van der Waals surface area contributed by atoms with Gasteiger partial charge in [0.25, 0.3) is 0 Å². The van der Waals surface area contributed by atoms with Crippen molar-refractivity contribution in [3.8, 4) is 0 Å². The summed E-state index contributed by atoms with van der Waals surface area (Å²) in [5.41, 5.74) is 1.68. The molecule has 114 valence electrons. The molecule has 20 heavy (non-hydrogen) atoms. The van der Waals surface area contributed by atoms with Gasteiger partial charge in [-0.05, 0) is 26.7 Å². The largest absolute Gasteiger partial charge is 0.396 e. The lowest BCUT2D eigenvalue weighted by molar-refractivity contribution is -0.0820. The van der Waals surface area contributed by atoms with Gasteiger partial charge >= 0.3 is 0 Å². The van der Waals surface area contributed by atoms with Crippen molar-refractivity contribution < 1.29 is 14.7 Å². The van der Waals surface area contributed by atoms with E-state index in [1.54, 1.807) is 0 Å². The van der Waals surface area contributed by atoms with Crippen molar-refractivity contribution in [2.24, 2.45) is 5.41 Å². The first kappa shape index (κ1) is 15.5. The highest BCUT2D eigenvalue weighted by molar-refractivity contribution is 5.20. The summed E-state index contributed by atoms with van der Waals surface area (Å²) < 4.78 is 5.21. The lowest BCUT2D eigenvalue weighted by atomic mass is 9.74. The van der Waals surface area contributed by atoms with E-state index < -0.39 is 6.10 Å². The van der Waals surface area contributed by atoms with Gasteiger partial charge in [0.1, 0.15) is 5.76 Å². The van der Waals surface area contributed by atoms with E-state index >= 15 is 0 Å². The van der Waals surface area contributed by atoms with E-state index in [-0.39, 0.29) is 12.0 Å². The van der Waals surface area contributed by atoms with Gasteiger partial charge in [0.05, 0.1) is 18.4 Å². The number of nitrogens with zero attached hydrogens (tertiary/aromatic N) is 2. The Kier molecular flexibility index (Phi) is 4.83. The van der Waals surface area contributed by atoms with Gasteiger partial charge in [-0.25, -0.2) is 0 Å². The summed E-state index contributed by atoms with van der Waals surface area (Å²) >= 11 is 0. The summed E-state index contributed by atoms with van der Waals surface area (Å²) in [4.78, 5) is 2.30. The number of aliphatic hydroxyl groups is 2. The van der Waals surface area contributed by atoms with Crippen molar-refractivity contribution >= 4 is 0 Å². The Hall–Kier alpha value is -0.910. The van der Waals surface area contributed by atoms with E-state index in [1.165, 1.54) is 0 Å². The van der Waals surface area contributed by atoms with Gasteiger partial charge in [-0.15, -0.1) is 0 Å². The number of piperidine rings is 1. The zero-order valence-electron chi connectivity index (χ0n) is 12.7. The van der Waals surface area contributed by atoms with Crippen LogP contribution in [0.2, 0.25) is 0 Å². The van der Waals surface area contributed by atoms with Crippen LogP contribution >= 0.6 is 0 Å². The van der Waals surface area contributed by atoms with Gasteiger partial charge < -0.3 is 14.7 Å². The van der Waals surface area contributed by atoms with E-state index in [1.807, 2.05) is 13.8 Å². The molecule has 0 unspecified atom stereocenters. The van der Waals surface area contributed by atoms with E-state index in [9.17, 15) is 10.2 Å². The summed E-state index contributed by atoms with van der Waals surface area (Å²) in [6.07, 6.45) is 2.12. The molecule has 0 aromatic carbocycles. The van der Waals surface area contributed by atoms with E-state index in [0.29, 0.717) is 6.42 Å². The van der Waals surface area contributed by atoms with Crippen LogP contribution in [0.5, 0.6) is 0 Å². The van der Waals surface area contributed by atoms with Crippen molar-refractivity contribution in [3.05, 3.63) is 17.0 Å². The molecule has 0 amide bonds. The third-order valence-electron chi connectivity index (χ3n) is 4.59. The van der Waals surface area contributed by atoms with Crippen molar-refractivity contribution in [3.63, 3.8) is 0 Å². The zero-order chi connectivity index (χ0) is 14.8. The summed E-state index contributed by atoms with van der Waals surface area (Å²) in [5.74, 6) is 0.860. The van der Waals surface area contributed by atoms with Gasteiger partial charge in [0.15, 0.2) is 0 Å². The van der Waals surface area contributed by atoms with Crippen LogP contribution < -0.4 is 0 Å². The van der Waals surface area contributed by atoms with E-state index in [0.717, 1.165) is 49.5 Å². The van der Waals surface area contributed by atoms with Crippen LogP contribution in [0.4, 0.5) is 0 Å². The molecule has 5 heteroatoms. The highest BCUT2D eigenvalue weighted by Gasteiger charge is 2.41. The van der Waals surface area contributed by atoms with Crippen LogP contribution in [-0.4, -0.2) is 46.1 Å². The lowest BCUT2D eigenvalue weighted by Gasteiger charge is -2.45. The highest BCUT2D eigenvalue weighted by atomic mass is 16.5. The van der Waals surface area contributed by atoms with E-state index in [4.69, 9.17) is 4.52 Å². The van der Waals surface area contributed by atoms with Crippen LogP contribution in [0.15, 0.2) is 4.52 Å². The second-order valence-corrected chi connectivity index (χ2v) is 6.09. The Morgan fingerprint density at radius 2 is 2.20 bits per heavy atom. The molecule has 0 bridgehead atoms. The fourth-order valence-electron chi connectivity index (χ4n) is 3.30. The van der Waals surface area contributed by atoms with Crippen LogP contribution in [-0.2, 0) is 6.54 Å². The maximum absolute atomic E-state index is 10.3. The fourth-order valence-corrected chi connectivity index (χ4v) is 3.30. The Morgan fingerprint density at radius 1 is 1.45 bits per heavy atom. The first-order chi connectivity index (χ1) is 9.52. The summed E-state index contributed by atoms with van der Waals surface area (Å²) in [6, 6.07) is 0. The van der Waals surface area contributed by atoms with Crippen molar-refractivity contribution in [2.75, 3.05) is 19.7 Å².